The van der Waals surface area contributed by atoms with Crippen LogP contribution >= 0.6 is 0 Å². The smallest absolute Gasteiger partial charge is 0.295 e. The van der Waals surface area contributed by atoms with Crippen LogP contribution in [0.5, 0.6) is 0 Å². The lowest BCUT2D eigenvalue weighted by Gasteiger charge is -2.36. The van der Waals surface area contributed by atoms with Crippen LogP contribution in [0.15, 0.2) is 16.7 Å². The van der Waals surface area contributed by atoms with Crippen molar-refractivity contribution in [3.8, 4) is 0 Å². The largest absolute Gasteiger partial charge is 0.368 e. The Hall–Kier alpha value is -3.70. The summed E-state index contributed by atoms with van der Waals surface area (Å²) in [5.74, 6) is -1.46. The van der Waals surface area contributed by atoms with E-state index in [1.54, 1.807) is 11.8 Å². The minimum atomic E-state index is -0.826. The average Bonchev–Trinajstić information content (AvgIpc) is 3.36. The van der Waals surface area contributed by atoms with E-state index < -0.39 is 11.6 Å². The minimum Gasteiger partial charge on any atom is -0.368 e. The molecule has 1 aliphatic rings. The van der Waals surface area contributed by atoms with Crippen molar-refractivity contribution in [2.45, 2.75) is 38.6 Å². The standard InChI is InChI=1S/C19H18F2N8O2/c1-8-3-4-10(7-28(8)18(30)16-23-9(2)31-27-16)15-25-17-12-5-11(20)6-13(21)14(12)24-19(22)29(17)26-15/h5-6,8,10H,3-4,7H2,1-2H3,(H2,22,24)/t8-,10+/m0/s1. The van der Waals surface area contributed by atoms with E-state index in [1.165, 1.54) is 4.52 Å². The molecule has 1 amide bonds. The number of hydrogen-bond acceptors (Lipinski definition) is 8. The first-order chi connectivity index (χ1) is 14.8. The molecule has 4 heterocycles. The molecule has 4 aromatic rings. The number of carbonyl (C=O) groups is 1. The number of fused-ring (bicyclic) bond motifs is 3. The molecule has 1 fully saturated rings. The van der Waals surface area contributed by atoms with Gasteiger partial charge in [0.1, 0.15) is 11.3 Å². The summed E-state index contributed by atoms with van der Waals surface area (Å²) in [6.07, 6.45) is 1.43. The van der Waals surface area contributed by atoms with E-state index in [1.807, 2.05) is 6.92 Å². The number of amides is 1. The second kappa shape index (κ2) is 6.93. The van der Waals surface area contributed by atoms with E-state index in [0.29, 0.717) is 24.7 Å². The van der Waals surface area contributed by atoms with Crippen LogP contribution in [0.2, 0.25) is 0 Å². The first kappa shape index (κ1) is 19.3. The highest BCUT2D eigenvalue weighted by molar-refractivity contribution is 5.92. The molecule has 2 atom stereocenters. The average molecular weight is 428 g/mol. The van der Waals surface area contributed by atoms with Crippen LogP contribution in [0.3, 0.4) is 0 Å². The number of anilines is 1. The SMILES string of the molecule is Cc1nc(C(=O)N2C[C@H](c3nc4c5cc(F)cc(F)c5nc(N)n4n3)CC[C@@H]2C)no1. The van der Waals surface area contributed by atoms with Crippen LogP contribution in [-0.2, 0) is 0 Å². The highest BCUT2D eigenvalue weighted by Crippen LogP contribution is 2.31. The van der Waals surface area contributed by atoms with Crippen molar-refractivity contribution >= 4 is 28.4 Å². The van der Waals surface area contributed by atoms with Gasteiger partial charge in [0.15, 0.2) is 17.3 Å². The molecular formula is C19H18F2N8O2. The molecule has 5 rings (SSSR count). The van der Waals surface area contributed by atoms with E-state index in [4.69, 9.17) is 10.3 Å². The summed E-state index contributed by atoms with van der Waals surface area (Å²) in [7, 11) is 0. The molecule has 3 aromatic heterocycles. The molecule has 12 heteroatoms. The Balaban J connectivity index is 1.53. The third-order valence-electron chi connectivity index (χ3n) is 5.56. The molecule has 160 valence electrons. The van der Waals surface area contributed by atoms with Crippen LogP contribution in [0, 0.1) is 18.6 Å². The number of benzene rings is 1. The number of carbonyl (C=O) groups excluding carboxylic acids is 1. The fourth-order valence-electron chi connectivity index (χ4n) is 3.96. The Morgan fingerprint density at radius 2 is 2.03 bits per heavy atom. The zero-order valence-corrected chi connectivity index (χ0v) is 16.7. The number of hydrogen-bond donors (Lipinski definition) is 1. The van der Waals surface area contributed by atoms with Gasteiger partial charge in [0.2, 0.25) is 11.8 Å². The second-order valence-electron chi connectivity index (χ2n) is 7.68. The molecule has 0 aliphatic carbocycles. The lowest BCUT2D eigenvalue weighted by atomic mass is 9.92. The van der Waals surface area contributed by atoms with Gasteiger partial charge in [-0.15, -0.1) is 5.10 Å². The van der Waals surface area contributed by atoms with E-state index in [0.717, 1.165) is 18.6 Å². The fraction of sp³-hybridized carbons (Fsp3) is 0.368. The van der Waals surface area contributed by atoms with E-state index >= 15 is 0 Å². The van der Waals surface area contributed by atoms with E-state index in [9.17, 15) is 13.6 Å². The number of nitrogen functional groups attached to an aromatic ring is 1. The molecular weight excluding hydrogens is 410 g/mol. The Kier molecular flexibility index (Phi) is 4.31. The lowest BCUT2D eigenvalue weighted by molar-refractivity contribution is 0.0590. The van der Waals surface area contributed by atoms with Crippen molar-refractivity contribution in [2.24, 2.45) is 0 Å². The first-order valence-electron chi connectivity index (χ1n) is 9.74. The maximum atomic E-state index is 14.2. The predicted octanol–water partition coefficient (Wildman–Crippen LogP) is 2.24. The quantitative estimate of drug-likeness (QED) is 0.515. The van der Waals surface area contributed by atoms with Crippen LogP contribution in [0.25, 0.3) is 16.6 Å². The van der Waals surface area contributed by atoms with Crippen molar-refractivity contribution in [3.63, 3.8) is 0 Å². The van der Waals surface area contributed by atoms with Crippen LogP contribution in [0.1, 0.15) is 48.0 Å². The Bertz CT molecular complexity index is 1330. The highest BCUT2D eigenvalue weighted by atomic mass is 19.1. The molecule has 31 heavy (non-hydrogen) atoms. The number of piperidine rings is 1. The van der Waals surface area contributed by atoms with Crippen LogP contribution < -0.4 is 5.73 Å². The minimum absolute atomic E-state index is 0.00153. The predicted molar refractivity (Wildman–Crippen MR) is 104 cm³/mol. The van der Waals surface area contributed by atoms with Crippen molar-refractivity contribution in [3.05, 3.63) is 41.3 Å². The number of likely N-dealkylation sites (tertiary alicyclic amines) is 1. The van der Waals surface area contributed by atoms with Gasteiger partial charge < -0.3 is 15.2 Å². The number of aryl methyl sites for hydroxylation is 1. The van der Waals surface area contributed by atoms with Gasteiger partial charge in [0.25, 0.3) is 11.7 Å². The number of nitrogens with zero attached hydrogens (tertiary/aromatic N) is 7. The van der Waals surface area contributed by atoms with Gasteiger partial charge in [-0.1, -0.05) is 5.16 Å². The molecule has 1 aliphatic heterocycles. The lowest BCUT2D eigenvalue weighted by Crippen LogP contribution is -2.45. The Labute approximate surface area is 174 Å². The second-order valence-corrected chi connectivity index (χ2v) is 7.68. The zero-order valence-electron chi connectivity index (χ0n) is 16.7. The van der Waals surface area contributed by atoms with Crippen LogP contribution in [-0.4, -0.2) is 53.1 Å². The summed E-state index contributed by atoms with van der Waals surface area (Å²) >= 11 is 0. The normalized spacial score (nSPS) is 19.4. The fourth-order valence-corrected chi connectivity index (χ4v) is 3.96. The maximum Gasteiger partial charge on any atom is 0.295 e. The van der Waals surface area contributed by atoms with Gasteiger partial charge in [-0.3, -0.25) is 4.79 Å². The van der Waals surface area contributed by atoms with E-state index in [-0.39, 0.29) is 46.2 Å². The Morgan fingerprint density at radius 3 is 2.77 bits per heavy atom. The summed E-state index contributed by atoms with van der Waals surface area (Å²) in [5.41, 5.74) is 6.08. The third kappa shape index (κ3) is 3.14. The van der Waals surface area contributed by atoms with Gasteiger partial charge in [-0.2, -0.15) is 9.50 Å². The van der Waals surface area contributed by atoms with Gasteiger partial charge in [0.05, 0.1) is 5.39 Å². The summed E-state index contributed by atoms with van der Waals surface area (Å²) in [4.78, 5) is 27.0. The van der Waals surface area contributed by atoms with Crippen molar-refractivity contribution < 1.29 is 18.1 Å². The Morgan fingerprint density at radius 1 is 1.23 bits per heavy atom. The van der Waals surface area contributed by atoms with Gasteiger partial charge >= 0.3 is 0 Å². The van der Waals surface area contributed by atoms with E-state index in [2.05, 4.69) is 25.2 Å². The molecule has 1 aromatic carbocycles. The molecule has 0 bridgehead atoms. The van der Waals surface area contributed by atoms with Gasteiger partial charge in [0, 0.05) is 31.5 Å². The molecule has 0 spiro atoms. The first-order valence-corrected chi connectivity index (χ1v) is 9.74. The number of nitrogens with two attached hydrogens (primary N) is 1. The van der Waals surface area contributed by atoms with Crippen molar-refractivity contribution in [2.75, 3.05) is 12.3 Å². The monoisotopic (exact) mass is 428 g/mol. The number of rotatable bonds is 2. The van der Waals surface area contributed by atoms with Gasteiger partial charge in [-0.05, 0) is 25.8 Å². The van der Waals surface area contributed by atoms with Gasteiger partial charge in [-0.25, -0.2) is 18.7 Å². The molecule has 0 saturated carbocycles. The topological polar surface area (TPSA) is 128 Å². The van der Waals surface area contributed by atoms with Crippen molar-refractivity contribution in [1.82, 2.24) is 34.6 Å². The molecule has 0 radical (unpaired) electrons. The van der Waals surface area contributed by atoms with Crippen molar-refractivity contribution in [1.29, 1.82) is 0 Å². The summed E-state index contributed by atoms with van der Waals surface area (Å²) < 4.78 is 34.2. The third-order valence-corrected chi connectivity index (χ3v) is 5.56. The summed E-state index contributed by atoms with van der Waals surface area (Å²) in [5, 5.41) is 8.31. The maximum absolute atomic E-state index is 14.2. The molecule has 2 N–H and O–H groups in total. The molecule has 1 saturated heterocycles. The molecule has 0 unspecified atom stereocenters. The summed E-state index contributed by atoms with van der Waals surface area (Å²) in [6, 6.07) is 1.86. The number of halogens is 2. The molecule has 10 nitrogen and oxygen atoms in total. The number of aromatic nitrogens is 6. The summed E-state index contributed by atoms with van der Waals surface area (Å²) in [6.45, 7) is 3.89. The highest BCUT2D eigenvalue weighted by Gasteiger charge is 2.34. The zero-order chi connectivity index (χ0) is 21.9. The van der Waals surface area contributed by atoms with Crippen LogP contribution in [0.4, 0.5) is 14.7 Å².